The van der Waals surface area contributed by atoms with Gasteiger partial charge in [-0.3, -0.25) is 14.4 Å². The minimum Gasteiger partial charge on any atom is -0.394 e. The number of hydrogen-bond acceptors (Lipinski definition) is 5. The highest BCUT2D eigenvalue weighted by molar-refractivity contribution is 8.02. The van der Waals surface area contributed by atoms with Crippen molar-refractivity contribution in [2.24, 2.45) is 11.8 Å². The molecule has 2 aromatic rings. The molecule has 3 N–H and O–H groups in total. The minimum atomic E-state index is -0.773. The summed E-state index contributed by atoms with van der Waals surface area (Å²) in [6.07, 6.45) is 1.96. The number of anilines is 1. The van der Waals surface area contributed by atoms with Gasteiger partial charge in [0.25, 0.3) is 0 Å². The zero-order valence-electron chi connectivity index (χ0n) is 20.0. The van der Waals surface area contributed by atoms with Crippen molar-refractivity contribution in [2.75, 3.05) is 11.9 Å². The van der Waals surface area contributed by atoms with Crippen LogP contribution in [0.25, 0.3) is 0 Å². The number of benzene rings is 2. The molecule has 6 atom stereocenters. The lowest BCUT2D eigenvalue weighted by Gasteiger charge is -2.36. The molecular weight excluding hydrogens is 498 g/mol. The summed E-state index contributed by atoms with van der Waals surface area (Å²) in [6, 6.07) is 15.2. The number of nitrogens with one attached hydrogen (secondary N) is 2. The Morgan fingerprint density at radius 3 is 2.56 bits per heavy atom. The summed E-state index contributed by atoms with van der Waals surface area (Å²) < 4.78 is -0.699. The van der Waals surface area contributed by atoms with E-state index in [1.807, 2.05) is 37.3 Å². The van der Waals surface area contributed by atoms with E-state index in [1.54, 1.807) is 40.9 Å². The van der Waals surface area contributed by atoms with Crippen LogP contribution in [0, 0.1) is 11.8 Å². The molecule has 3 saturated heterocycles. The van der Waals surface area contributed by atoms with Crippen LogP contribution in [0.3, 0.4) is 0 Å². The third-order valence-electron chi connectivity index (χ3n) is 7.79. The third kappa shape index (κ3) is 4.19. The zero-order valence-corrected chi connectivity index (χ0v) is 21.6. The summed E-state index contributed by atoms with van der Waals surface area (Å²) >= 11 is 7.61. The van der Waals surface area contributed by atoms with E-state index in [1.165, 1.54) is 0 Å². The highest BCUT2D eigenvalue weighted by Crippen LogP contribution is 2.66. The van der Waals surface area contributed by atoms with E-state index < -0.39 is 28.7 Å². The van der Waals surface area contributed by atoms with E-state index in [2.05, 4.69) is 10.6 Å². The molecule has 190 valence electrons. The number of thioether (sulfide) groups is 1. The van der Waals surface area contributed by atoms with Gasteiger partial charge in [-0.25, -0.2) is 0 Å². The first-order chi connectivity index (χ1) is 17.4. The molecule has 2 unspecified atom stereocenters. The number of hydrogen-bond donors (Lipinski definition) is 3. The molecule has 3 amide bonds. The van der Waals surface area contributed by atoms with Crippen LogP contribution in [0.4, 0.5) is 5.69 Å². The van der Waals surface area contributed by atoms with Crippen LogP contribution < -0.4 is 10.6 Å². The molecule has 0 saturated carbocycles. The average molecular weight is 528 g/mol. The van der Waals surface area contributed by atoms with Gasteiger partial charge in [0.05, 0.1) is 29.2 Å². The lowest BCUT2D eigenvalue weighted by Crippen LogP contribution is -2.54. The Morgan fingerprint density at radius 2 is 1.89 bits per heavy atom. The molecule has 2 aromatic carbocycles. The maximum Gasteiger partial charge on any atom is 0.248 e. The first kappa shape index (κ1) is 25.1. The van der Waals surface area contributed by atoms with Crippen molar-refractivity contribution in [2.45, 2.75) is 54.8 Å². The topological polar surface area (TPSA) is 98.7 Å². The number of amides is 3. The van der Waals surface area contributed by atoms with Crippen LogP contribution in [-0.2, 0) is 20.9 Å². The first-order valence-electron chi connectivity index (χ1n) is 12.4. The van der Waals surface area contributed by atoms with Crippen molar-refractivity contribution in [3.05, 3.63) is 65.2 Å². The Balaban J connectivity index is 1.44. The van der Waals surface area contributed by atoms with Gasteiger partial charge < -0.3 is 20.6 Å². The van der Waals surface area contributed by atoms with E-state index in [9.17, 15) is 19.5 Å². The Kier molecular flexibility index (Phi) is 7.03. The quantitative estimate of drug-likeness (QED) is 0.488. The average Bonchev–Trinajstić information content (AvgIpc) is 3.53. The Hall–Kier alpha value is -2.55. The van der Waals surface area contributed by atoms with Gasteiger partial charge in [-0.1, -0.05) is 48.9 Å². The zero-order chi connectivity index (χ0) is 25.4. The molecule has 0 aliphatic carbocycles. The van der Waals surface area contributed by atoms with E-state index in [-0.39, 0.29) is 29.6 Å². The number of halogens is 1. The molecule has 2 bridgehead atoms. The predicted molar refractivity (Wildman–Crippen MR) is 140 cm³/mol. The SMILES string of the molecule is CC[C@@H](CO)N1C(=O)[C@@H]2[C@@H](C(=O)NCc3ccccc3)[C@H]3CCC2(S3)C1C(=O)Nc1ccc(Cl)cc1. The van der Waals surface area contributed by atoms with Crippen LogP contribution in [0.5, 0.6) is 0 Å². The summed E-state index contributed by atoms with van der Waals surface area (Å²) in [5, 5.41) is 16.6. The molecule has 9 heteroatoms. The fourth-order valence-electron chi connectivity index (χ4n) is 6.14. The number of fused-ring (bicyclic) bond motifs is 1. The van der Waals surface area contributed by atoms with Crippen LogP contribution >= 0.6 is 23.4 Å². The second-order valence-electron chi connectivity index (χ2n) is 9.75. The van der Waals surface area contributed by atoms with E-state index in [0.29, 0.717) is 30.1 Å². The molecule has 36 heavy (non-hydrogen) atoms. The number of carbonyl (C=O) groups excluding carboxylic acids is 3. The summed E-state index contributed by atoms with van der Waals surface area (Å²) in [5.41, 5.74) is 1.57. The van der Waals surface area contributed by atoms with Crippen molar-refractivity contribution in [1.29, 1.82) is 0 Å². The molecule has 3 aliphatic rings. The molecule has 7 nitrogen and oxygen atoms in total. The number of aliphatic hydroxyl groups excluding tert-OH is 1. The lowest BCUT2D eigenvalue weighted by atomic mass is 9.70. The second kappa shape index (κ2) is 10.1. The summed E-state index contributed by atoms with van der Waals surface area (Å²) in [7, 11) is 0. The number of aliphatic hydroxyl groups is 1. The van der Waals surface area contributed by atoms with Crippen LogP contribution in [-0.4, -0.2) is 56.4 Å². The number of nitrogens with zero attached hydrogens (tertiary/aromatic N) is 1. The van der Waals surface area contributed by atoms with Gasteiger partial charge >= 0.3 is 0 Å². The minimum absolute atomic E-state index is 0.0168. The van der Waals surface area contributed by atoms with Gasteiger partial charge in [0.2, 0.25) is 17.7 Å². The molecular formula is C27H30ClN3O4S. The first-order valence-corrected chi connectivity index (χ1v) is 13.6. The van der Waals surface area contributed by atoms with Gasteiger partial charge in [0.15, 0.2) is 0 Å². The number of rotatable bonds is 8. The molecule has 5 rings (SSSR count). The summed E-state index contributed by atoms with van der Waals surface area (Å²) in [6.45, 7) is 2.04. The van der Waals surface area contributed by atoms with Gasteiger partial charge in [-0.2, -0.15) is 0 Å². The standard InChI is InChI=1S/C27H30ClN3O4S/c1-2-19(15-32)31-23(25(34)30-18-10-8-17(28)9-11-18)27-13-12-20(36-27)21(22(27)26(31)35)24(33)29-14-16-6-4-3-5-7-16/h3-11,19-23,32H,2,12-15H2,1H3,(H,29,33)(H,30,34)/t19-,20+,21-,22-,23?,27?/m0/s1. The van der Waals surface area contributed by atoms with Crippen molar-refractivity contribution in [3.63, 3.8) is 0 Å². The predicted octanol–water partition coefficient (Wildman–Crippen LogP) is 3.46. The Morgan fingerprint density at radius 1 is 1.17 bits per heavy atom. The largest absolute Gasteiger partial charge is 0.394 e. The van der Waals surface area contributed by atoms with Crippen molar-refractivity contribution in [3.8, 4) is 0 Å². The summed E-state index contributed by atoms with van der Waals surface area (Å²) in [4.78, 5) is 42.7. The number of likely N-dealkylation sites (tertiary alicyclic amines) is 1. The Labute approximate surface area is 220 Å². The van der Waals surface area contributed by atoms with Gasteiger partial charge in [0.1, 0.15) is 6.04 Å². The second-order valence-corrected chi connectivity index (χ2v) is 11.8. The molecule has 0 radical (unpaired) electrons. The van der Waals surface area contributed by atoms with Gasteiger partial charge in [-0.05, 0) is 49.1 Å². The molecule has 3 fully saturated rings. The van der Waals surface area contributed by atoms with Crippen molar-refractivity contribution in [1.82, 2.24) is 10.2 Å². The smallest absolute Gasteiger partial charge is 0.248 e. The van der Waals surface area contributed by atoms with Crippen molar-refractivity contribution >= 4 is 46.8 Å². The van der Waals surface area contributed by atoms with Crippen LogP contribution in [0.15, 0.2) is 54.6 Å². The lowest BCUT2D eigenvalue weighted by molar-refractivity contribution is -0.142. The number of carbonyl (C=O) groups is 3. The molecule has 3 aliphatic heterocycles. The fraction of sp³-hybridized carbons (Fsp3) is 0.444. The van der Waals surface area contributed by atoms with E-state index >= 15 is 0 Å². The van der Waals surface area contributed by atoms with E-state index in [0.717, 1.165) is 12.0 Å². The molecule has 1 spiro atoms. The van der Waals surface area contributed by atoms with Crippen LogP contribution in [0.1, 0.15) is 31.7 Å². The summed E-state index contributed by atoms with van der Waals surface area (Å²) in [5.74, 6) is -1.75. The van der Waals surface area contributed by atoms with Crippen molar-refractivity contribution < 1.29 is 19.5 Å². The van der Waals surface area contributed by atoms with Gasteiger partial charge in [-0.15, -0.1) is 11.8 Å². The molecule has 3 heterocycles. The monoisotopic (exact) mass is 527 g/mol. The highest BCUT2D eigenvalue weighted by Gasteiger charge is 2.74. The Bertz CT molecular complexity index is 1140. The van der Waals surface area contributed by atoms with Crippen LogP contribution in [0.2, 0.25) is 5.02 Å². The maximum absolute atomic E-state index is 14.0. The maximum atomic E-state index is 14.0. The molecule has 0 aromatic heterocycles. The third-order valence-corrected chi connectivity index (χ3v) is 9.99. The van der Waals surface area contributed by atoms with Gasteiger partial charge in [0, 0.05) is 22.5 Å². The highest BCUT2D eigenvalue weighted by atomic mass is 35.5. The normalized spacial score (nSPS) is 29.2. The fourth-order valence-corrected chi connectivity index (χ4v) is 8.48. The van der Waals surface area contributed by atoms with E-state index in [4.69, 9.17) is 11.6 Å².